The van der Waals surface area contributed by atoms with Gasteiger partial charge < -0.3 is 14.8 Å². The summed E-state index contributed by atoms with van der Waals surface area (Å²) in [6.45, 7) is 0.656. The monoisotopic (exact) mass is 528 g/mol. The summed E-state index contributed by atoms with van der Waals surface area (Å²) >= 11 is 12.4. The maximum Gasteiger partial charge on any atom is 0.266 e. The number of ether oxygens (including phenoxy) is 2. The highest BCUT2D eigenvalue weighted by atomic mass is 35.5. The minimum atomic E-state index is -0.558. The molecule has 0 aromatic heterocycles. The smallest absolute Gasteiger partial charge is 0.266 e. The Morgan fingerprint density at radius 2 is 1.59 bits per heavy atom. The van der Waals surface area contributed by atoms with Crippen molar-refractivity contribution in [3.63, 3.8) is 0 Å². The maximum absolute atomic E-state index is 12.8. The highest BCUT2D eigenvalue weighted by Gasteiger charge is 2.13. The van der Waals surface area contributed by atoms with Crippen molar-refractivity contribution in [1.29, 1.82) is 5.26 Å². The predicted octanol–water partition coefficient (Wildman–Crippen LogP) is 7.70. The minimum Gasteiger partial charge on any atom is -0.489 e. The Morgan fingerprint density at radius 1 is 0.865 bits per heavy atom. The zero-order chi connectivity index (χ0) is 26.0. The Hall–Kier alpha value is -4.24. The normalized spacial score (nSPS) is 10.9. The molecule has 0 spiro atoms. The zero-order valence-electron chi connectivity index (χ0n) is 19.7. The lowest BCUT2D eigenvalue weighted by Gasteiger charge is -2.12. The number of halogens is 2. The highest BCUT2D eigenvalue weighted by molar-refractivity contribution is 6.31. The number of nitrogens with zero attached hydrogens (tertiary/aromatic N) is 1. The number of carbonyl (C=O) groups excluding carboxylic acids is 1. The molecule has 4 rings (SSSR count). The second kappa shape index (κ2) is 12.6. The molecule has 184 valence electrons. The average Bonchev–Trinajstić information content (AvgIpc) is 2.92. The van der Waals surface area contributed by atoms with Crippen LogP contribution in [0.5, 0.6) is 11.5 Å². The molecule has 0 fully saturated rings. The van der Waals surface area contributed by atoms with Crippen LogP contribution in [0.2, 0.25) is 10.0 Å². The molecule has 0 saturated heterocycles. The van der Waals surface area contributed by atoms with Crippen LogP contribution in [0.25, 0.3) is 6.08 Å². The van der Waals surface area contributed by atoms with Crippen molar-refractivity contribution >= 4 is 40.9 Å². The van der Waals surface area contributed by atoms with Crippen LogP contribution in [-0.2, 0) is 18.0 Å². The summed E-state index contributed by atoms with van der Waals surface area (Å²) in [4.78, 5) is 12.8. The summed E-state index contributed by atoms with van der Waals surface area (Å²) in [5, 5.41) is 13.4. The fourth-order valence-corrected chi connectivity index (χ4v) is 3.78. The van der Waals surface area contributed by atoms with Gasteiger partial charge in [0, 0.05) is 26.9 Å². The second-order valence-corrected chi connectivity index (χ2v) is 8.83. The Kier molecular flexibility index (Phi) is 8.83. The molecule has 0 aliphatic rings. The van der Waals surface area contributed by atoms with Gasteiger partial charge in [-0.1, -0.05) is 71.7 Å². The first-order chi connectivity index (χ1) is 18.0. The Labute approximate surface area is 225 Å². The van der Waals surface area contributed by atoms with E-state index in [2.05, 4.69) is 5.32 Å². The van der Waals surface area contributed by atoms with E-state index in [1.54, 1.807) is 48.5 Å². The summed E-state index contributed by atoms with van der Waals surface area (Å²) in [7, 11) is 0. The number of nitrogens with one attached hydrogen (secondary N) is 1. The standard InChI is InChI=1S/C30H22Cl2N2O3/c31-25-10-15-29(37-20-22-8-4-5-9-28(22)32)23(17-25)16-24(18-33)30(35)34-26-11-13-27(14-12-26)36-19-21-6-2-1-3-7-21/h1-17H,19-20H2,(H,34,35)/b24-16+. The third-order valence-corrected chi connectivity index (χ3v) is 5.94. The van der Waals surface area contributed by atoms with Gasteiger partial charge in [0.2, 0.25) is 0 Å². The summed E-state index contributed by atoms with van der Waals surface area (Å²) in [5.74, 6) is 0.569. The summed E-state index contributed by atoms with van der Waals surface area (Å²) in [6, 6.07) is 31.1. The fraction of sp³-hybridized carbons (Fsp3) is 0.0667. The number of hydrogen-bond donors (Lipinski definition) is 1. The van der Waals surface area contributed by atoms with Gasteiger partial charge in [-0.3, -0.25) is 4.79 Å². The first-order valence-electron chi connectivity index (χ1n) is 11.4. The van der Waals surface area contributed by atoms with Crippen LogP contribution in [-0.4, -0.2) is 5.91 Å². The minimum absolute atomic E-state index is 0.103. The molecule has 1 amide bonds. The van der Waals surface area contributed by atoms with Crippen LogP contribution in [0.15, 0.2) is 103 Å². The molecule has 0 atom stereocenters. The van der Waals surface area contributed by atoms with Gasteiger partial charge in [0.25, 0.3) is 5.91 Å². The van der Waals surface area contributed by atoms with Crippen LogP contribution in [0.1, 0.15) is 16.7 Å². The van der Waals surface area contributed by atoms with Crippen molar-refractivity contribution < 1.29 is 14.3 Å². The second-order valence-electron chi connectivity index (χ2n) is 7.98. The molecule has 4 aromatic rings. The molecule has 5 nitrogen and oxygen atoms in total. The number of rotatable bonds is 9. The molecule has 0 unspecified atom stereocenters. The molecule has 0 radical (unpaired) electrons. The first-order valence-corrected chi connectivity index (χ1v) is 12.1. The van der Waals surface area contributed by atoms with Crippen molar-refractivity contribution in [2.24, 2.45) is 0 Å². The molecule has 7 heteroatoms. The third-order valence-electron chi connectivity index (χ3n) is 5.34. The molecule has 0 aliphatic carbocycles. The quantitative estimate of drug-likeness (QED) is 0.178. The van der Waals surface area contributed by atoms with Crippen LogP contribution >= 0.6 is 23.2 Å². The van der Waals surface area contributed by atoms with Crippen LogP contribution in [0.4, 0.5) is 5.69 Å². The number of benzene rings is 4. The lowest BCUT2D eigenvalue weighted by Crippen LogP contribution is -2.13. The van der Waals surface area contributed by atoms with Crippen LogP contribution < -0.4 is 14.8 Å². The van der Waals surface area contributed by atoms with E-state index >= 15 is 0 Å². The Morgan fingerprint density at radius 3 is 2.32 bits per heavy atom. The van der Waals surface area contributed by atoms with E-state index in [1.807, 2.05) is 54.6 Å². The van der Waals surface area contributed by atoms with Crippen LogP contribution in [0, 0.1) is 11.3 Å². The Balaban J connectivity index is 1.44. The molecule has 0 aliphatic heterocycles. The fourth-order valence-electron chi connectivity index (χ4n) is 3.41. The van der Waals surface area contributed by atoms with E-state index in [-0.39, 0.29) is 12.2 Å². The molecule has 1 N–H and O–H groups in total. The van der Waals surface area contributed by atoms with E-state index in [1.165, 1.54) is 6.08 Å². The molecule has 0 saturated carbocycles. The molecule has 37 heavy (non-hydrogen) atoms. The van der Waals surface area contributed by atoms with Gasteiger partial charge in [0.15, 0.2) is 0 Å². The maximum atomic E-state index is 12.8. The van der Waals surface area contributed by atoms with Crippen LogP contribution in [0.3, 0.4) is 0 Å². The third kappa shape index (κ3) is 7.37. The first kappa shape index (κ1) is 25.8. The molecule has 4 aromatic carbocycles. The van der Waals surface area contributed by atoms with Gasteiger partial charge in [-0.25, -0.2) is 0 Å². The number of carbonyl (C=O) groups is 1. The van der Waals surface area contributed by atoms with Crippen molar-refractivity contribution in [3.8, 4) is 17.6 Å². The molecular formula is C30H22Cl2N2O3. The van der Waals surface area contributed by atoms with E-state index < -0.39 is 5.91 Å². The summed E-state index contributed by atoms with van der Waals surface area (Å²) < 4.78 is 11.7. The summed E-state index contributed by atoms with van der Waals surface area (Å²) in [5.41, 5.74) is 2.79. The highest BCUT2D eigenvalue weighted by Crippen LogP contribution is 2.27. The molecule has 0 heterocycles. The zero-order valence-corrected chi connectivity index (χ0v) is 21.2. The van der Waals surface area contributed by atoms with Gasteiger partial charge >= 0.3 is 0 Å². The van der Waals surface area contributed by atoms with E-state index in [4.69, 9.17) is 32.7 Å². The van der Waals surface area contributed by atoms with Crippen molar-refractivity contribution in [2.45, 2.75) is 13.2 Å². The number of nitriles is 1. The van der Waals surface area contributed by atoms with E-state index in [9.17, 15) is 10.1 Å². The van der Waals surface area contributed by atoms with Crippen molar-refractivity contribution in [3.05, 3.63) is 129 Å². The SMILES string of the molecule is N#C/C(=C\c1cc(Cl)ccc1OCc1ccccc1Cl)C(=O)Nc1ccc(OCc2ccccc2)cc1. The van der Waals surface area contributed by atoms with Gasteiger partial charge in [-0.05, 0) is 60.2 Å². The summed E-state index contributed by atoms with van der Waals surface area (Å²) in [6.07, 6.45) is 1.44. The van der Waals surface area contributed by atoms with E-state index in [0.717, 1.165) is 11.1 Å². The largest absolute Gasteiger partial charge is 0.489 e. The lowest BCUT2D eigenvalue weighted by atomic mass is 10.1. The van der Waals surface area contributed by atoms with Gasteiger partial charge in [-0.2, -0.15) is 5.26 Å². The number of amides is 1. The molecular weight excluding hydrogens is 507 g/mol. The van der Waals surface area contributed by atoms with Gasteiger partial charge in [-0.15, -0.1) is 0 Å². The topological polar surface area (TPSA) is 71.3 Å². The van der Waals surface area contributed by atoms with Crippen molar-refractivity contribution in [1.82, 2.24) is 0 Å². The number of hydrogen-bond acceptors (Lipinski definition) is 4. The molecule has 0 bridgehead atoms. The predicted molar refractivity (Wildman–Crippen MR) is 147 cm³/mol. The number of anilines is 1. The van der Waals surface area contributed by atoms with Crippen molar-refractivity contribution in [2.75, 3.05) is 5.32 Å². The average molecular weight is 529 g/mol. The lowest BCUT2D eigenvalue weighted by molar-refractivity contribution is -0.112. The van der Waals surface area contributed by atoms with E-state index in [0.29, 0.717) is 39.4 Å². The van der Waals surface area contributed by atoms with Gasteiger partial charge in [0.1, 0.15) is 36.4 Å². The van der Waals surface area contributed by atoms with Gasteiger partial charge in [0.05, 0.1) is 0 Å². The Bertz CT molecular complexity index is 1450.